The first-order chi connectivity index (χ1) is 11.3. The summed E-state index contributed by atoms with van der Waals surface area (Å²) >= 11 is 18.1. The molecule has 0 amide bonds. The highest BCUT2D eigenvalue weighted by Crippen LogP contribution is 2.34. The van der Waals surface area contributed by atoms with E-state index in [1.165, 1.54) is 37.5 Å². The fraction of sp³-hybridized carbons (Fsp3) is 0.125. The molecule has 8 heteroatoms. The molecule has 0 unspecified atom stereocenters. The Bertz CT molecular complexity index is 869. The highest BCUT2D eigenvalue weighted by Gasteiger charge is 2.27. The molecule has 0 fully saturated rings. The van der Waals surface area contributed by atoms with Crippen molar-refractivity contribution in [3.8, 4) is 5.75 Å². The van der Waals surface area contributed by atoms with Gasteiger partial charge in [0.1, 0.15) is 10.6 Å². The topological polar surface area (TPSA) is 46.6 Å². The van der Waals surface area contributed by atoms with Crippen molar-refractivity contribution in [2.45, 2.75) is 4.90 Å². The first-order valence-electron chi connectivity index (χ1n) is 6.73. The van der Waals surface area contributed by atoms with Gasteiger partial charge in [0.25, 0.3) is 10.0 Å². The molecule has 2 aromatic rings. The number of methoxy groups -OCH3 is 1. The summed E-state index contributed by atoms with van der Waals surface area (Å²) in [5.74, 6) is 0.442. The Balaban J connectivity index is 2.59. The van der Waals surface area contributed by atoms with Crippen LogP contribution in [0.2, 0.25) is 15.1 Å². The molecule has 24 heavy (non-hydrogen) atoms. The van der Waals surface area contributed by atoms with Crippen LogP contribution in [-0.2, 0) is 10.0 Å². The molecule has 0 radical (unpaired) electrons. The Morgan fingerprint density at radius 2 is 1.83 bits per heavy atom. The van der Waals surface area contributed by atoms with Crippen molar-refractivity contribution in [3.05, 3.63) is 64.1 Å². The van der Waals surface area contributed by atoms with Gasteiger partial charge in [0.15, 0.2) is 0 Å². The normalized spacial score (nSPS) is 11.2. The fourth-order valence-electron chi connectivity index (χ4n) is 2.06. The number of benzene rings is 2. The minimum absolute atomic E-state index is 0.0355. The Morgan fingerprint density at radius 1 is 1.12 bits per heavy atom. The third-order valence-electron chi connectivity index (χ3n) is 3.18. The van der Waals surface area contributed by atoms with E-state index in [4.69, 9.17) is 39.5 Å². The van der Waals surface area contributed by atoms with Gasteiger partial charge in [0.2, 0.25) is 0 Å². The number of halogens is 3. The molecule has 2 rings (SSSR count). The zero-order valence-corrected chi connectivity index (χ0v) is 15.8. The lowest BCUT2D eigenvalue weighted by Crippen LogP contribution is -2.31. The van der Waals surface area contributed by atoms with Crippen LogP contribution in [0.25, 0.3) is 0 Å². The van der Waals surface area contributed by atoms with Crippen LogP contribution in [-0.4, -0.2) is 22.1 Å². The lowest BCUT2D eigenvalue weighted by atomic mass is 10.3. The monoisotopic (exact) mass is 405 g/mol. The summed E-state index contributed by atoms with van der Waals surface area (Å²) in [5, 5.41) is 0.633. The maximum absolute atomic E-state index is 13.0. The van der Waals surface area contributed by atoms with E-state index in [-0.39, 0.29) is 26.5 Å². The van der Waals surface area contributed by atoms with Gasteiger partial charge in [-0.1, -0.05) is 40.9 Å². The Labute approximate surface area is 156 Å². The molecule has 128 valence electrons. The van der Waals surface area contributed by atoms with Crippen LogP contribution < -0.4 is 9.04 Å². The van der Waals surface area contributed by atoms with E-state index in [0.717, 1.165) is 4.31 Å². The minimum Gasteiger partial charge on any atom is -0.495 e. The average molecular weight is 407 g/mol. The van der Waals surface area contributed by atoms with E-state index in [0.29, 0.717) is 11.4 Å². The molecule has 0 saturated heterocycles. The van der Waals surface area contributed by atoms with Crippen LogP contribution >= 0.6 is 34.8 Å². The van der Waals surface area contributed by atoms with Crippen molar-refractivity contribution in [2.24, 2.45) is 0 Å². The predicted molar refractivity (Wildman–Crippen MR) is 99.2 cm³/mol. The van der Waals surface area contributed by atoms with Gasteiger partial charge in [-0.05, 0) is 36.4 Å². The number of hydrogen-bond donors (Lipinski definition) is 0. The van der Waals surface area contributed by atoms with Crippen LogP contribution in [0.3, 0.4) is 0 Å². The molecule has 0 atom stereocenters. The van der Waals surface area contributed by atoms with Crippen molar-refractivity contribution in [3.63, 3.8) is 0 Å². The van der Waals surface area contributed by atoms with Crippen LogP contribution in [0.5, 0.6) is 5.75 Å². The molecular weight excluding hydrogens is 393 g/mol. The second kappa shape index (κ2) is 7.66. The van der Waals surface area contributed by atoms with Crippen molar-refractivity contribution in [1.82, 2.24) is 0 Å². The number of ether oxygens (including phenoxy) is 1. The van der Waals surface area contributed by atoms with Gasteiger partial charge in [-0.15, -0.1) is 6.58 Å². The molecule has 0 N–H and O–H groups in total. The standard InChI is InChI=1S/C16H14Cl3NO3S/c1-3-8-20(12-5-7-15(23-2)14(19)10-12)24(21,22)16-9-11(17)4-6-13(16)18/h3-7,9-10H,1,8H2,2H3. The van der Waals surface area contributed by atoms with Crippen molar-refractivity contribution >= 4 is 50.5 Å². The summed E-state index contributed by atoms with van der Waals surface area (Å²) in [7, 11) is -2.48. The Hall–Kier alpha value is -1.40. The summed E-state index contributed by atoms with van der Waals surface area (Å²) in [6.45, 7) is 3.64. The number of rotatable bonds is 6. The van der Waals surface area contributed by atoms with Crippen LogP contribution in [0.15, 0.2) is 53.9 Å². The van der Waals surface area contributed by atoms with Gasteiger partial charge in [0, 0.05) is 5.02 Å². The van der Waals surface area contributed by atoms with E-state index in [1.54, 1.807) is 12.1 Å². The highest BCUT2D eigenvalue weighted by molar-refractivity contribution is 7.93. The van der Waals surface area contributed by atoms with Crippen molar-refractivity contribution in [2.75, 3.05) is 18.0 Å². The smallest absolute Gasteiger partial charge is 0.266 e. The quantitative estimate of drug-likeness (QED) is 0.632. The SMILES string of the molecule is C=CCN(c1ccc(OC)c(Cl)c1)S(=O)(=O)c1cc(Cl)ccc1Cl. The molecule has 2 aromatic carbocycles. The van der Waals surface area contributed by atoms with E-state index >= 15 is 0 Å². The Morgan fingerprint density at radius 3 is 2.42 bits per heavy atom. The average Bonchev–Trinajstić information content (AvgIpc) is 2.54. The maximum atomic E-state index is 13.0. The van der Waals surface area contributed by atoms with Crippen LogP contribution in [0.4, 0.5) is 5.69 Å². The van der Waals surface area contributed by atoms with Gasteiger partial charge in [-0.25, -0.2) is 8.42 Å². The van der Waals surface area contributed by atoms with Crippen LogP contribution in [0.1, 0.15) is 0 Å². The van der Waals surface area contributed by atoms with Crippen molar-refractivity contribution in [1.29, 1.82) is 0 Å². The number of nitrogens with zero attached hydrogens (tertiary/aromatic N) is 1. The van der Waals surface area contributed by atoms with Crippen LogP contribution in [0, 0.1) is 0 Å². The van der Waals surface area contributed by atoms with E-state index in [1.807, 2.05) is 0 Å². The first kappa shape index (κ1) is 18.9. The summed E-state index contributed by atoms with van der Waals surface area (Å²) in [5.41, 5.74) is 0.358. The molecule has 0 aliphatic carbocycles. The van der Waals surface area contributed by atoms with E-state index in [2.05, 4.69) is 6.58 Å². The number of hydrogen-bond acceptors (Lipinski definition) is 3. The third kappa shape index (κ3) is 3.81. The molecular formula is C16H14Cl3NO3S. The number of anilines is 1. The third-order valence-corrected chi connectivity index (χ3v) is 5.99. The fourth-order valence-corrected chi connectivity index (χ4v) is 4.48. The highest BCUT2D eigenvalue weighted by atomic mass is 35.5. The molecule has 0 aromatic heterocycles. The molecule has 0 aliphatic heterocycles. The van der Waals surface area contributed by atoms with E-state index < -0.39 is 10.0 Å². The van der Waals surface area contributed by atoms with E-state index in [9.17, 15) is 8.42 Å². The molecule has 0 saturated carbocycles. The van der Waals surface area contributed by atoms with Gasteiger partial charge in [-0.3, -0.25) is 4.31 Å². The Kier molecular flexibility index (Phi) is 6.04. The summed E-state index contributed by atoms with van der Waals surface area (Å²) in [4.78, 5) is -0.0922. The molecule has 0 heterocycles. The molecule has 0 spiro atoms. The summed E-state index contributed by atoms with van der Waals surface area (Å²) in [6, 6.07) is 8.93. The first-order valence-corrected chi connectivity index (χ1v) is 9.31. The second-order valence-corrected chi connectivity index (χ2v) is 7.80. The zero-order chi connectivity index (χ0) is 17.9. The molecule has 0 aliphatic rings. The lowest BCUT2D eigenvalue weighted by Gasteiger charge is -2.24. The maximum Gasteiger partial charge on any atom is 0.266 e. The van der Waals surface area contributed by atoms with Crippen molar-refractivity contribution < 1.29 is 13.2 Å². The van der Waals surface area contributed by atoms with Gasteiger partial charge >= 0.3 is 0 Å². The summed E-state index contributed by atoms with van der Waals surface area (Å²) < 4.78 is 32.3. The lowest BCUT2D eigenvalue weighted by molar-refractivity contribution is 0.415. The predicted octanol–water partition coefficient (Wildman–Crippen LogP) is 5.04. The van der Waals surface area contributed by atoms with Gasteiger partial charge in [-0.2, -0.15) is 0 Å². The van der Waals surface area contributed by atoms with Gasteiger partial charge < -0.3 is 4.74 Å². The minimum atomic E-state index is -3.96. The largest absolute Gasteiger partial charge is 0.495 e. The zero-order valence-electron chi connectivity index (χ0n) is 12.7. The number of sulfonamides is 1. The molecule has 0 bridgehead atoms. The van der Waals surface area contributed by atoms with Gasteiger partial charge in [0.05, 0.1) is 29.4 Å². The summed E-state index contributed by atoms with van der Waals surface area (Å²) in [6.07, 6.45) is 1.47. The molecule has 4 nitrogen and oxygen atoms in total. The second-order valence-electron chi connectivity index (χ2n) is 4.72.